The summed E-state index contributed by atoms with van der Waals surface area (Å²) in [6.07, 6.45) is 3.17. The van der Waals surface area contributed by atoms with E-state index in [-0.39, 0.29) is 12.7 Å². The Morgan fingerprint density at radius 3 is 3.00 bits per heavy atom. The molecule has 0 aromatic heterocycles. The molecule has 0 aliphatic carbocycles. The molecule has 1 aromatic carbocycles. The average Bonchev–Trinajstić information content (AvgIpc) is 2.71. The molecule has 0 bridgehead atoms. The minimum atomic E-state index is 0.270. The van der Waals surface area contributed by atoms with Crippen molar-refractivity contribution in [3.8, 4) is 5.75 Å². The maximum atomic E-state index is 8.64. The van der Waals surface area contributed by atoms with Crippen molar-refractivity contribution in [1.29, 1.82) is 0 Å². The van der Waals surface area contributed by atoms with Crippen LogP contribution in [-0.2, 0) is 6.42 Å². The van der Waals surface area contributed by atoms with Crippen LogP contribution in [0.3, 0.4) is 0 Å². The number of aliphatic hydroxyl groups is 1. The van der Waals surface area contributed by atoms with Crippen LogP contribution in [0.25, 0.3) is 0 Å². The molecule has 1 aromatic rings. The van der Waals surface area contributed by atoms with Crippen LogP contribution in [0.5, 0.6) is 5.75 Å². The second-order valence-corrected chi connectivity index (χ2v) is 4.19. The zero-order valence-electron chi connectivity index (χ0n) is 9.48. The number of hydrogen-bond donors (Lipinski definition) is 2. The van der Waals surface area contributed by atoms with Crippen molar-refractivity contribution in [2.45, 2.75) is 25.4 Å². The van der Waals surface area contributed by atoms with E-state index in [0.29, 0.717) is 0 Å². The van der Waals surface area contributed by atoms with Crippen molar-refractivity contribution in [2.24, 2.45) is 0 Å². The fourth-order valence-electron chi connectivity index (χ4n) is 1.99. The number of unbranched alkanes of at least 4 members (excludes halogenated alkanes) is 1. The SMILES string of the molecule is OCCCCNCC1Cc2ccccc2O1. The van der Waals surface area contributed by atoms with E-state index in [9.17, 15) is 0 Å². The molecule has 0 fully saturated rings. The zero-order valence-corrected chi connectivity index (χ0v) is 9.48. The lowest BCUT2D eigenvalue weighted by molar-refractivity contribution is 0.226. The Bertz CT molecular complexity index is 302. The van der Waals surface area contributed by atoms with Gasteiger partial charge in [-0.2, -0.15) is 0 Å². The Balaban J connectivity index is 1.67. The third kappa shape index (κ3) is 2.97. The molecule has 1 atom stereocenters. The summed E-state index contributed by atoms with van der Waals surface area (Å²) < 4.78 is 5.80. The Morgan fingerprint density at radius 2 is 2.19 bits per heavy atom. The Labute approximate surface area is 96.4 Å². The first-order valence-corrected chi connectivity index (χ1v) is 5.96. The normalized spacial score (nSPS) is 18.2. The standard InChI is InChI=1S/C13H19NO2/c15-8-4-3-7-14-10-12-9-11-5-1-2-6-13(11)16-12/h1-2,5-6,12,14-15H,3-4,7-10H2. The third-order valence-electron chi connectivity index (χ3n) is 2.85. The first kappa shape index (κ1) is 11.4. The van der Waals surface area contributed by atoms with Crippen LogP contribution >= 0.6 is 0 Å². The van der Waals surface area contributed by atoms with E-state index in [1.54, 1.807) is 0 Å². The number of para-hydroxylation sites is 1. The molecule has 3 nitrogen and oxygen atoms in total. The summed E-state index contributed by atoms with van der Waals surface area (Å²) in [5, 5.41) is 12.0. The molecule has 16 heavy (non-hydrogen) atoms. The Morgan fingerprint density at radius 1 is 1.31 bits per heavy atom. The predicted octanol–water partition coefficient (Wildman–Crippen LogP) is 1.35. The second kappa shape index (κ2) is 5.87. The molecular formula is C13H19NO2. The highest BCUT2D eigenvalue weighted by atomic mass is 16.5. The van der Waals surface area contributed by atoms with E-state index in [1.807, 2.05) is 12.1 Å². The molecule has 1 heterocycles. The average molecular weight is 221 g/mol. The van der Waals surface area contributed by atoms with Gasteiger partial charge in [-0.1, -0.05) is 18.2 Å². The molecule has 0 spiro atoms. The summed E-state index contributed by atoms with van der Waals surface area (Å²) in [5.74, 6) is 1.03. The number of aliphatic hydroxyl groups excluding tert-OH is 1. The molecule has 1 unspecified atom stereocenters. The highest BCUT2D eigenvalue weighted by Gasteiger charge is 2.21. The first-order chi connectivity index (χ1) is 7.90. The van der Waals surface area contributed by atoms with Crippen LogP contribution in [0, 0.1) is 0 Å². The van der Waals surface area contributed by atoms with E-state index >= 15 is 0 Å². The Kier molecular flexibility index (Phi) is 4.19. The predicted molar refractivity (Wildman–Crippen MR) is 63.8 cm³/mol. The molecule has 0 amide bonds. The highest BCUT2D eigenvalue weighted by Crippen LogP contribution is 2.27. The van der Waals surface area contributed by atoms with Gasteiger partial charge in [0.05, 0.1) is 0 Å². The van der Waals surface area contributed by atoms with Gasteiger partial charge in [0.1, 0.15) is 11.9 Å². The molecule has 3 heteroatoms. The van der Waals surface area contributed by atoms with Crippen LogP contribution < -0.4 is 10.1 Å². The van der Waals surface area contributed by atoms with E-state index in [1.165, 1.54) is 5.56 Å². The molecule has 2 N–H and O–H groups in total. The van der Waals surface area contributed by atoms with Crippen LogP contribution in [0.1, 0.15) is 18.4 Å². The largest absolute Gasteiger partial charge is 0.488 e. The molecule has 0 saturated carbocycles. The van der Waals surface area contributed by atoms with E-state index in [2.05, 4.69) is 17.4 Å². The van der Waals surface area contributed by atoms with Crippen molar-refractivity contribution in [3.05, 3.63) is 29.8 Å². The molecule has 1 aliphatic rings. The molecule has 88 valence electrons. The van der Waals surface area contributed by atoms with E-state index < -0.39 is 0 Å². The van der Waals surface area contributed by atoms with Gasteiger partial charge in [0, 0.05) is 19.6 Å². The number of nitrogens with one attached hydrogen (secondary N) is 1. The fourth-order valence-corrected chi connectivity index (χ4v) is 1.99. The third-order valence-corrected chi connectivity index (χ3v) is 2.85. The summed E-state index contributed by atoms with van der Waals surface area (Å²) in [4.78, 5) is 0. The lowest BCUT2D eigenvalue weighted by atomic mass is 10.1. The summed E-state index contributed by atoms with van der Waals surface area (Å²) in [7, 11) is 0. The summed E-state index contributed by atoms with van der Waals surface area (Å²) in [6, 6.07) is 8.22. The van der Waals surface area contributed by atoms with E-state index in [0.717, 1.165) is 38.1 Å². The van der Waals surface area contributed by atoms with Gasteiger partial charge in [-0.05, 0) is 31.0 Å². The quantitative estimate of drug-likeness (QED) is 0.713. The number of rotatable bonds is 6. The van der Waals surface area contributed by atoms with Crippen molar-refractivity contribution < 1.29 is 9.84 Å². The monoisotopic (exact) mass is 221 g/mol. The molecule has 0 radical (unpaired) electrons. The van der Waals surface area contributed by atoms with Gasteiger partial charge in [0.25, 0.3) is 0 Å². The number of ether oxygens (including phenoxy) is 1. The number of benzene rings is 1. The van der Waals surface area contributed by atoms with Crippen molar-refractivity contribution in [3.63, 3.8) is 0 Å². The molecule has 2 rings (SSSR count). The molecule has 1 aliphatic heterocycles. The van der Waals surface area contributed by atoms with Gasteiger partial charge in [-0.3, -0.25) is 0 Å². The second-order valence-electron chi connectivity index (χ2n) is 4.19. The van der Waals surface area contributed by atoms with Crippen LogP contribution in [0.2, 0.25) is 0 Å². The number of fused-ring (bicyclic) bond motifs is 1. The minimum absolute atomic E-state index is 0.270. The van der Waals surface area contributed by atoms with E-state index in [4.69, 9.17) is 9.84 Å². The lowest BCUT2D eigenvalue weighted by Gasteiger charge is -2.11. The summed E-state index contributed by atoms with van der Waals surface area (Å²) in [5.41, 5.74) is 1.31. The zero-order chi connectivity index (χ0) is 11.2. The molecular weight excluding hydrogens is 202 g/mol. The summed E-state index contributed by atoms with van der Waals surface area (Å²) >= 11 is 0. The highest BCUT2D eigenvalue weighted by molar-refractivity contribution is 5.37. The van der Waals surface area contributed by atoms with Crippen LogP contribution in [-0.4, -0.2) is 30.9 Å². The van der Waals surface area contributed by atoms with Gasteiger partial charge < -0.3 is 15.2 Å². The minimum Gasteiger partial charge on any atom is -0.488 e. The maximum absolute atomic E-state index is 8.64. The smallest absolute Gasteiger partial charge is 0.123 e. The van der Waals surface area contributed by atoms with Crippen molar-refractivity contribution in [2.75, 3.05) is 19.7 Å². The van der Waals surface area contributed by atoms with Gasteiger partial charge in [-0.25, -0.2) is 0 Å². The summed E-state index contributed by atoms with van der Waals surface area (Å²) in [6.45, 7) is 2.13. The van der Waals surface area contributed by atoms with Gasteiger partial charge in [0.2, 0.25) is 0 Å². The van der Waals surface area contributed by atoms with Crippen LogP contribution in [0.4, 0.5) is 0 Å². The van der Waals surface area contributed by atoms with Gasteiger partial charge in [-0.15, -0.1) is 0 Å². The fraction of sp³-hybridized carbons (Fsp3) is 0.538. The first-order valence-electron chi connectivity index (χ1n) is 5.96. The molecule has 0 saturated heterocycles. The maximum Gasteiger partial charge on any atom is 0.123 e. The van der Waals surface area contributed by atoms with Crippen LogP contribution in [0.15, 0.2) is 24.3 Å². The number of hydrogen-bond acceptors (Lipinski definition) is 3. The van der Waals surface area contributed by atoms with Gasteiger partial charge in [0.15, 0.2) is 0 Å². The van der Waals surface area contributed by atoms with Crippen molar-refractivity contribution >= 4 is 0 Å². The topological polar surface area (TPSA) is 41.5 Å². The Hall–Kier alpha value is -1.06. The van der Waals surface area contributed by atoms with Gasteiger partial charge >= 0.3 is 0 Å². The lowest BCUT2D eigenvalue weighted by Crippen LogP contribution is -2.30. The van der Waals surface area contributed by atoms with Crippen molar-refractivity contribution in [1.82, 2.24) is 5.32 Å².